The Morgan fingerprint density at radius 1 is 0.952 bits per heavy atom. The van der Waals surface area contributed by atoms with Gasteiger partial charge in [0.25, 0.3) is 0 Å². The molecule has 226 valence electrons. The number of rotatable bonds is 15. The Morgan fingerprint density at radius 2 is 1.60 bits per heavy atom. The first-order chi connectivity index (χ1) is 20.0. The summed E-state index contributed by atoms with van der Waals surface area (Å²) >= 11 is 3.46. The summed E-state index contributed by atoms with van der Waals surface area (Å²) in [5, 5.41) is 3.07. The number of benzene rings is 3. The van der Waals surface area contributed by atoms with E-state index in [1.807, 2.05) is 68.4 Å². The molecule has 3 aromatic rings. The van der Waals surface area contributed by atoms with Crippen LogP contribution in [-0.2, 0) is 32.6 Å². The lowest BCUT2D eigenvalue weighted by Gasteiger charge is -2.32. The number of ether oxygens (including phenoxy) is 1. The molecule has 3 aromatic carbocycles. The molecule has 10 heteroatoms. The van der Waals surface area contributed by atoms with Crippen LogP contribution in [0, 0.1) is 0 Å². The standard InChI is InChI=1S/C32H40BrN3O5S/c1-5-24(2)34-32(38)30(22-25-10-7-6-8-11-25)35(23-26-13-15-27(33)16-14-26)31(37)12-9-21-36(42(4,39)40)28-17-19-29(41-3)20-18-28/h6-8,10-11,13-20,24,30H,5,9,12,21-23H2,1-4H3,(H,34,38). The summed E-state index contributed by atoms with van der Waals surface area (Å²) in [7, 11) is -2.05. The molecule has 0 saturated carbocycles. The van der Waals surface area contributed by atoms with Gasteiger partial charge in [-0.15, -0.1) is 0 Å². The second-order valence-corrected chi connectivity index (χ2v) is 13.1. The Hall–Kier alpha value is -3.37. The molecule has 0 aliphatic rings. The zero-order valence-corrected chi connectivity index (χ0v) is 27.0. The van der Waals surface area contributed by atoms with Gasteiger partial charge >= 0.3 is 0 Å². The fourth-order valence-corrected chi connectivity index (χ4v) is 5.76. The lowest BCUT2D eigenvalue weighted by atomic mass is 10.0. The number of carbonyl (C=O) groups excluding carboxylic acids is 2. The summed E-state index contributed by atoms with van der Waals surface area (Å²) in [6.45, 7) is 4.30. The number of methoxy groups -OCH3 is 1. The molecule has 0 radical (unpaired) electrons. The first-order valence-corrected chi connectivity index (χ1v) is 16.7. The number of amides is 2. The molecular weight excluding hydrogens is 618 g/mol. The quantitative estimate of drug-likeness (QED) is 0.231. The van der Waals surface area contributed by atoms with Crippen molar-refractivity contribution in [2.75, 3.05) is 24.2 Å². The maximum atomic E-state index is 13.9. The van der Waals surface area contributed by atoms with Gasteiger partial charge in [-0.3, -0.25) is 13.9 Å². The summed E-state index contributed by atoms with van der Waals surface area (Å²) in [6.07, 6.45) is 2.61. The van der Waals surface area contributed by atoms with E-state index < -0.39 is 16.1 Å². The van der Waals surface area contributed by atoms with Gasteiger partial charge in [0.1, 0.15) is 11.8 Å². The first kappa shape index (κ1) is 33.1. The molecule has 2 unspecified atom stereocenters. The van der Waals surface area contributed by atoms with Crippen molar-refractivity contribution >= 4 is 43.5 Å². The Bertz CT molecular complexity index is 1400. The van der Waals surface area contributed by atoms with E-state index in [2.05, 4.69) is 21.2 Å². The Labute approximate surface area is 258 Å². The number of halogens is 1. The fourth-order valence-electron chi connectivity index (χ4n) is 4.53. The van der Waals surface area contributed by atoms with E-state index in [-0.39, 0.29) is 43.8 Å². The Kier molecular flexibility index (Phi) is 12.4. The predicted octanol–water partition coefficient (Wildman–Crippen LogP) is 5.56. The van der Waals surface area contributed by atoms with Crippen molar-refractivity contribution in [3.05, 3.63) is 94.5 Å². The normalized spacial score (nSPS) is 12.7. The van der Waals surface area contributed by atoms with E-state index >= 15 is 0 Å². The SMILES string of the molecule is CCC(C)NC(=O)C(Cc1ccccc1)N(Cc1ccc(Br)cc1)C(=O)CCCN(c1ccc(OC)cc1)S(C)(=O)=O. The summed E-state index contributed by atoms with van der Waals surface area (Å²) in [5.74, 6) is 0.182. The molecule has 0 fully saturated rings. The fraction of sp³-hybridized carbons (Fsp3) is 0.375. The van der Waals surface area contributed by atoms with Gasteiger partial charge in [-0.25, -0.2) is 8.42 Å². The molecule has 0 bridgehead atoms. The van der Waals surface area contributed by atoms with Gasteiger partial charge in [0.05, 0.1) is 19.1 Å². The lowest BCUT2D eigenvalue weighted by molar-refractivity contribution is -0.141. The highest BCUT2D eigenvalue weighted by molar-refractivity contribution is 9.10. The zero-order valence-electron chi connectivity index (χ0n) is 24.6. The number of nitrogens with zero attached hydrogens (tertiary/aromatic N) is 2. The molecule has 3 rings (SSSR count). The van der Waals surface area contributed by atoms with Crippen LogP contribution in [0.1, 0.15) is 44.2 Å². The molecule has 2 amide bonds. The molecule has 2 atom stereocenters. The highest BCUT2D eigenvalue weighted by Gasteiger charge is 2.31. The highest BCUT2D eigenvalue weighted by Crippen LogP contribution is 2.23. The minimum absolute atomic E-state index is 0.0479. The van der Waals surface area contributed by atoms with Crippen LogP contribution in [0.2, 0.25) is 0 Å². The molecule has 42 heavy (non-hydrogen) atoms. The van der Waals surface area contributed by atoms with E-state index in [9.17, 15) is 18.0 Å². The molecule has 8 nitrogen and oxygen atoms in total. The van der Waals surface area contributed by atoms with Crippen LogP contribution >= 0.6 is 15.9 Å². The van der Waals surface area contributed by atoms with Gasteiger partial charge < -0.3 is 15.0 Å². The molecule has 0 heterocycles. The average molecular weight is 659 g/mol. The molecule has 0 aliphatic carbocycles. The van der Waals surface area contributed by atoms with Crippen molar-refractivity contribution < 1.29 is 22.7 Å². The van der Waals surface area contributed by atoms with Crippen molar-refractivity contribution in [3.8, 4) is 5.75 Å². The predicted molar refractivity (Wildman–Crippen MR) is 171 cm³/mol. The van der Waals surface area contributed by atoms with Crippen LogP contribution < -0.4 is 14.4 Å². The summed E-state index contributed by atoms with van der Waals surface area (Å²) < 4.78 is 32.7. The first-order valence-electron chi connectivity index (χ1n) is 14.0. The van der Waals surface area contributed by atoms with Gasteiger partial charge in [-0.2, -0.15) is 0 Å². The van der Waals surface area contributed by atoms with E-state index in [1.165, 1.54) is 4.31 Å². The Balaban J connectivity index is 1.87. The van der Waals surface area contributed by atoms with E-state index in [1.54, 1.807) is 36.3 Å². The smallest absolute Gasteiger partial charge is 0.243 e. The zero-order chi connectivity index (χ0) is 30.7. The summed E-state index contributed by atoms with van der Waals surface area (Å²) in [4.78, 5) is 29.2. The van der Waals surface area contributed by atoms with Crippen LogP contribution in [0.4, 0.5) is 5.69 Å². The van der Waals surface area contributed by atoms with Crippen molar-refractivity contribution in [1.82, 2.24) is 10.2 Å². The molecule has 0 spiro atoms. The monoisotopic (exact) mass is 657 g/mol. The van der Waals surface area contributed by atoms with E-state index in [0.717, 1.165) is 28.3 Å². The van der Waals surface area contributed by atoms with E-state index in [0.29, 0.717) is 17.9 Å². The minimum atomic E-state index is -3.60. The maximum Gasteiger partial charge on any atom is 0.243 e. The van der Waals surface area contributed by atoms with Crippen molar-refractivity contribution in [3.63, 3.8) is 0 Å². The third kappa shape index (κ3) is 9.87. The maximum absolute atomic E-state index is 13.9. The van der Waals surface area contributed by atoms with Crippen LogP contribution in [0.5, 0.6) is 5.75 Å². The Morgan fingerprint density at radius 3 is 2.17 bits per heavy atom. The van der Waals surface area contributed by atoms with Gasteiger partial charge in [0.15, 0.2) is 0 Å². The van der Waals surface area contributed by atoms with Crippen LogP contribution in [0.15, 0.2) is 83.3 Å². The third-order valence-corrected chi connectivity index (χ3v) is 8.77. The van der Waals surface area contributed by atoms with Gasteiger partial charge in [-0.05, 0) is 67.3 Å². The average Bonchev–Trinajstić information content (AvgIpc) is 2.97. The molecule has 0 aromatic heterocycles. The molecule has 0 saturated heterocycles. The summed E-state index contributed by atoms with van der Waals surface area (Å²) in [5.41, 5.74) is 2.32. The lowest BCUT2D eigenvalue weighted by Crippen LogP contribution is -2.52. The highest BCUT2D eigenvalue weighted by atomic mass is 79.9. The molecular formula is C32H40BrN3O5S. The number of anilines is 1. The van der Waals surface area contributed by atoms with Crippen molar-refractivity contribution in [2.45, 2.75) is 58.2 Å². The molecule has 1 N–H and O–H groups in total. The number of carbonyl (C=O) groups is 2. The number of nitrogens with one attached hydrogen (secondary N) is 1. The van der Waals surface area contributed by atoms with Crippen molar-refractivity contribution in [2.24, 2.45) is 0 Å². The molecule has 0 aliphatic heterocycles. The van der Waals surface area contributed by atoms with Gasteiger partial charge in [-0.1, -0.05) is 65.3 Å². The minimum Gasteiger partial charge on any atom is -0.497 e. The van der Waals surface area contributed by atoms with Crippen LogP contribution in [0.3, 0.4) is 0 Å². The topological polar surface area (TPSA) is 96.0 Å². The van der Waals surface area contributed by atoms with E-state index in [4.69, 9.17) is 4.74 Å². The van der Waals surface area contributed by atoms with Gasteiger partial charge in [0.2, 0.25) is 21.8 Å². The van der Waals surface area contributed by atoms with Crippen LogP contribution in [0.25, 0.3) is 0 Å². The largest absolute Gasteiger partial charge is 0.497 e. The number of sulfonamides is 1. The summed E-state index contributed by atoms with van der Waals surface area (Å²) in [6, 6.07) is 23.3. The van der Waals surface area contributed by atoms with Crippen LogP contribution in [-0.4, -0.2) is 57.1 Å². The third-order valence-electron chi connectivity index (χ3n) is 7.05. The second kappa shape index (κ2) is 15.7. The van der Waals surface area contributed by atoms with Gasteiger partial charge in [0, 0.05) is 36.4 Å². The second-order valence-electron chi connectivity index (χ2n) is 10.3. The van der Waals surface area contributed by atoms with Crippen molar-refractivity contribution in [1.29, 1.82) is 0 Å². The number of hydrogen-bond acceptors (Lipinski definition) is 5. The number of hydrogen-bond donors (Lipinski definition) is 1.